The Morgan fingerprint density at radius 2 is 1.37 bits per heavy atom. The molecule has 1 atom stereocenters. The third-order valence-corrected chi connectivity index (χ3v) is 3.66. The lowest BCUT2D eigenvalue weighted by Crippen LogP contribution is -2.04. The van der Waals surface area contributed by atoms with Gasteiger partial charge in [-0.3, -0.25) is 9.09 Å². The van der Waals surface area contributed by atoms with Gasteiger partial charge in [0.2, 0.25) is 0 Å². The number of fused-ring (bicyclic) bond motifs is 2. The summed E-state index contributed by atoms with van der Waals surface area (Å²) in [6, 6.07) is 15.5. The van der Waals surface area contributed by atoms with Gasteiger partial charge in [0.25, 0.3) is 0 Å². The Bertz CT molecular complexity index is 614. The largest absolute Gasteiger partial charge is 0.326 e. The van der Waals surface area contributed by atoms with Crippen LogP contribution in [0.15, 0.2) is 48.5 Å². The molecule has 3 rings (SSSR count). The number of hydrogen-bond donors (Lipinski definition) is 1. The SMILES string of the molecule is O=[PH](O)OC1c2ccccc2C=Cc2ccccc21. The first kappa shape index (κ1) is 12.4. The van der Waals surface area contributed by atoms with E-state index in [-0.39, 0.29) is 0 Å². The highest BCUT2D eigenvalue weighted by Crippen LogP contribution is 2.39. The van der Waals surface area contributed by atoms with Crippen molar-refractivity contribution in [3.05, 3.63) is 70.8 Å². The van der Waals surface area contributed by atoms with Crippen LogP contribution in [0.5, 0.6) is 0 Å². The summed E-state index contributed by atoms with van der Waals surface area (Å²) in [5.41, 5.74) is 3.84. The number of hydrogen-bond acceptors (Lipinski definition) is 2. The molecule has 0 saturated carbocycles. The van der Waals surface area contributed by atoms with Crippen molar-refractivity contribution in [3.63, 3.8) is 0 Å². The van der Waals surface area contributed by atoms with Crippen molar-refractivity contribution in [2.24, 2.45) is 0 Å². The second-order valence-corrected chi connectivity index (χ2v) is 5.12. The van der Waals surface area contributed by atoms with Crippen LogP contribution >= 0.6 is 8.25 Å². The fourth-order valence-electron chi connectivity index (χ4n) is 2.38. The van der Waals surface area contributed by atoms with Gasteiger partial charge in [-0.15, -0.1) is 0 Å². The highest BCUT2D eigenvalue weighted by Gasteiger charge is 2.23. The molecule has 2 aromatic carbocycles. The van der Waals surface area contributed by atoms with E-state index in [1.54, 1.807) is 0 Å². The summed E-state index contributed by atoms with van der Waals surface area (Å²) >= 11 is 0. The Morgan fingerprint density at radius 1 is 0.895 bits per heavy atom. The molecule has 1 aliphatic rings. The third-order valence-electron chi connectivity index (χ3n) is 3.22. The van der Waals surface area contributed by atoms with Gasteiger partial charge in [0, 0.05) is 0 Å². The Balaban J connectivity index is 2.21. The monoisotopic (exact) mass is 272 g/mol. The van der Waals surface area contributed by atoms with Crippen molar-refractivity contribution in [1.82, 2.24) is 0 Å². The van der Waals surface area contributed by atoms with Crippen LogP contribution in [-0.4, -0.2) is 4.89 Å². The van der Waals surface area contributed by atoms with E-state index < -0.39 is 14.4 Å². The molecule has 0 spiro atoms. The standard InChI is InChI=1S/C15H13O3P/c16-19(17)18-15-13-7-3-1-5-11(13)9-10-12-6-2-4-8-14(12)15/h1-10,15,19H,(H,16,17). The van der Waals surface area contributed by atoms with Gasteiger partial charge in [-0.25, -0.2) is 0 Å². The molecule has 0 saturated heterocycles. The summed E-state index contributed by atoms with van der Waals surface area (Å²) in [5, 5.41) is 0. The zero-order valence-electron chi connectivity index (χ0n) is 10.1. The van der Waals surface area contributed by atoms with E-state index in [9.17, 15) is 4.57 Å². The van der Waals surface area contributed by atoms with Gasteiger partial charge >= 0.3 is 8.25 Å². The predicted molar refractivity (Wildman–Crippen MR) is 76.0 cm³/mol. The molecule has 4 heteroatoms. The molecule has 0 amide bonds. The lowest BCUT2D eigenvalue weighted by molar-refractivity contribution is 0.226. The molecule has 2 aromatic rings. The molecule has 0 fully saturated rings. The van der Waals surface area contributed by atoms with Crippen LogP contribution in [0.25, 0.3) is 12.2 Å². The fourth-order valence-corrected chi connectivity index (χ4v) is 2.83. The van der Waals surface area contributed by atoms with E-state index in [4.69, 9.17) is 9.42 Å². The topological polar surface area (TPSA) is 46.5 Å². The van der Waals surface area contributed by atoms with Crippen LogP contribution in [-0.2, 0) is 9.09 Å². The van der Waals surface area contributed by atoms with Gasteiger partial charge in [0.1, 0.15) is 6.10 Å². The third kappa shape index (κ3) is 2.41. The highest BCUT2D eigenvalue weighted by atomic mass is 31.1. The molecule has 1 N–H and O–H groups in total. The quantitative estimate of drug-likeness (QED) is 0.849. The Labute approximate surface area is 112 Å². The Morgan fingerprint density at radius 3 is 1.84 bits per heavy atom. The molecule has 0 radical (unpaired) electrons. The van der Waals surface area contributed by atoms with Crippen LogP contribution in [0, 0.1) is 0 Å². The summed E-state index contributed by atoms with van der Waals surface area (Å²) in [7, 11) is -3.01. The van der Waals surface area contributed by atoms with E-state index in [0.29, 0.717) is 0 Å². The fraction of sp³-hybridized carbons (Fsp3) is 0.0667. The zero-order chi connectivity index (χ0) is 13.2. The molecular formula is C15H13O3P. The van der Waals surface area contributed by atoms with E-state index >= 15 is 0 Å². The van der Waals surface area contributed by atoms with Gasteiger partial charge in [0.05, 0.1) is 0 Å². The maximum Gasteiger partial charge on any atom is 0.317 e. The molecule has 0 heterocycles. The first-order valence-electron chi connectivity index (χ1n) is 6.01. The van der Waals surface area contributed by atoms with E-state index in [0.717, 1.165) is 22.3 Å². The van der Waals surface area contributed by atoms with Crippen LogP contribution in [0.4, 0.5) is 0 Å². The first-order chi connectivity index (χ1) is 9.25. The van der Waals surface area contributed by atoms with E-state index in [1.165, 1.54) is 0 Å². The maximum absolute atomic E-state index is 11.1. The average molecular weight is 272 g/mol. The molecule has 96 valence electrons. The number of benzene rings is 2. The van der Waals surface area contributed by atoms with Crippen molar-refractivity contribution in [2.45, 2.75) is 6.10 Å². The van der Waals surface area contributed by atoms with Gasteiger partial charge in [-0.05, 0) is 22.3 Å². The van der Waals surface area contributed by atoms with Crippen molar-refractivity contribution in [2.75, 3.05) is 0 Å². The minimum absolute atomic E-state index is 0.501. The Hall–Kier alpha value is -1.67. The minimum atomic E-state index is -3.01. The second kappa shape index (κ2) is 5.14. The van der Waals surface area contributed by atoms with Gasteiger partial charge in [-0.1, -0.05) is 60.7 Å². The molecule has 3 nitrogen and oxygen atoms in total. The molecule has 0 aliphatic heterocycles. The smallest absolute Gasteiger partial charge is 0.317 e. The maximum atomic E-state index is 11.1. The lowest BCUT2D eigenvalue weighted by atomic mass is 9.97. The second-order valence-electron chi connectivity index (χ2n) is 4.35. The zero-order valence-corrected chi connectivity index (χ0v) is 11.1. The van der Waals surface area contributed by atoms with Gasteiger partial charge in [0.15, 0.2) is 0 Å². The Kier molecular flexibility index (Phi) is 3.34. The summed E-state index contributed by atoms with van der Waals surface area (Å²) < 4.78 is 16.4. The van der Waals surface area contributed by atoms with Gasteiger partial charge < -0.3 is 4.89 Å². The number of rotatable bonds is 2. The molecular weight excluding hydrogens is 259 g/mol. The highest BCUT2D eigenvalue weighted by molar-refractivity contribution is 7.32. The molecule has 1 unspecified atom stereocenters. The lowest BCUT2D eigenvalue weighted by Gasteiger charge is -2.19. The average Bonchev–Trinajstić information content (AvgIpc) is 2.57. The minimum Gasteiger partial charge on any atom is -0.326 e. The van der Waals surface area contributed by atoms with Crippen molar-refractivity contribution < 1.29 is 14.0 Å². The van der Waals surface area contributed by atoms with E-state index in [1.807, 2.05) is 60.7 Å². The summed E-state index contributed by atoms with van der Waals surface area (Å²) in [5.74, 6) is 0. The molecule has 19 heavy (non-hydrogen) atoms. The van der Waals surface area contributed by atoms with E-state index in [2.05, 4.69) is 0 Å². The predicted octanol–water partition coefficient (Wildman–Crippen LogP) is 3.66. The van der Waals surface area contributed by atoms with Crippen LogP contribution in [0.2, 0.25) is 0 Å². The molecule has 0 aromatic heterocycles. The van der Waals surface area contributed by atoms with Crippen LogP contribution < -0.4 is 0 Å². The summed E-state index contributed by atoms with van der Waals surface area (Å²) in [4.78, 5) is 9.15. The van der Waals surface area contributed by atoms with Crippen molar-refractivity contribution in [1.29, 1.82) is 0 Å². The first-order valence-corrected chi connectivity index (χ1v) is 7.27. The van der Waals surface area contributed by atoms with Crippen molar-refractivity contribution in [3.8, 4) is 0 Å². The van der Waals surface area contributed by atoms with Crippen molar-refractivity contribution >= 4 is 20.4 Å². The normalized spacial score (nSPS) is 15.4. The van der Waals surface area contributed by atoms with Crippen LogP contribution in [0.3, 0.4) is 0 Å². The van der Waals surface area contributed by atoms with Crippen LogP contribution in [0.1, 0.15) is 28.4 Å². The summed E-state index contributed by atoms with van der Waals surface area (Å²) in [6.07, 6.45) is 3.51. The van der Waals surface area contributed by atoms with Gasteiger partial charge in [-0.2, -0.15) is 0 Å². The molecule has 0 bridgehead atoms. The molecule has 1 aliphatic carbocycles. The summed E-state index contributed by atoms with van der Waals surface area (Å²) in [6.45, 7) is 0.